The molecule has 0 radical (unpaired) electrons. The summed E-state index contributed by atoms with van der Waals surface area (Å²) in [6, 6.07) is 23.2. The highest BCUT2D eigenvalue weighted by atomic mass is 127. The van der Waals surface area contributed by atoms with Gasteiger partial charge in [0.1, 0.15) is 6.61 Å². The van der Waals surface area contributed by atoms with E-state index in [1.807, 2.05) is 66.7 Å². The van der Waals surface area contributed by atoms with Crippen LogP contribution in [0.3, 0.4) is 0 Å². The maximum absolute atomic E-state index is 12.2. The fourth-order valence-electron chi connectivity index (χ4n) is 2.23. The molecule has 1 aromatic heterocycles. The van der Waals surface area contributed by atoms with Crippen molar-refractivity contribution < 1.29 is 38.5 Å². The van der Waals surface area contributed by atoms with Crippen LogP contribution in [0.15, 0.2) is 72.8 Å². The van der Waals surface area contributed by atoms with Gasteiger partial charge in [0.2, 0.25) is 5.69 Å². The van der Waals surface area contributed by atoms with Gasteiger partial charge in [-0.3, -0.25) is 0 Å². The maximum Gasteiger partial charge on any atom is 0.403 e. The summed E-state index contributed by atoms with van der Waals surface area (Å²) in [7, 11) is 0. The molecule has 2 aromatic carbocycles. The first-order chi connectivity index (χ1) is 11.2. The molecule has 0 spiro atoms. The number of pyridine rings is 1. The van der Waals surface area contributed by atoms with E-state index in [0.29, 0.717) is 5.69 Å². The summed E-state index contributed by atoms with van der Waals surface area (Å²) in [6.07, 6.45) is 0. The van der Waals surface area contributed by atoms with Gasteiger partial charge < -0.3 is 28.7 Å². The molecule has 0 aliphatic rings. The zero-order valence-electron chi connectivity index (χ0n) is 12.7. The molecular weight excluding hydrogens is 528 g/mol. The Morgan fingerprint density at radius 3 is 2.38 bits per heavy atom. The van der Waals surface area contributed by atoms with Crippen LogP contribution < -0.4 is 29.0 Å². The van der Waals surface area contributed by atoms with Gasteiger partial charge in [-0.2, -0.15) is 4.98 Å². The van der Waals surface area contributed by atoms with Crippen LogP contribution in [0.2, 0.25) is 0 Å². The van der Waals surface area contributed by atoms with Gasteiger partial charge in [-0.1, -0.05) is 42.5 Å². The summed E-state index contributed by atoms with van der Waals surface area (Å²) >= 11 is 2.28. The van der Waals surface area contributed by atoms with E-state index in [2.05, 4.69) is 27.6 Å². The second kappa shape index (κ2) is 9.12. The average molecular weight is 543 g/mol. The molecule has 5 heteroatoms. The number of carbonyl (C=O) groups excluding carboxylic acids is 1. The van der Waals surface area contributed by atoms with Crippen molar-refractivity contribution in [1.29, 1.82) is 0 Å². The minimum absolute atomic E-state index is 0. The van der Waals surface area contributed by atoms with Gasteiger partial charge >= 0.3 is 5.97 Å². The SMILES string of the molecule is O=C(OCc1ccccc1)c1cccc(-c2ccccc2I)[nH+]1.[I-]. The fraction of sp³-hybridized carbons (Fsp3) is 0.0526. The van der Waals surface area contributed by atoms with E-state index in [-0.39, 0.29) is 36.6 Å². The van der Waals surface area contributed by atoms with Crippen LogP contribution in [0.1, 0.15) is 16.1 Å². The summed E-state index contributed by atoms with van der Waals surface area (Å²) < 4.78 is 6.48. The van der Waals surface area contributed by atoms with Crippen LogP contribution >= 0.6 is 22.6 Å². The third-order valence-corrected chi connectivity index (χ3v) is 4.33. The topological polar surface area (TPSA) is 40.4 Å². The molecule has 0 aliphatic carbocycles. The van der Waals surface area contributed by atoms with Crippen LogP contribution in [0.4, 0.5) is 0 Å². The molecule has 24 heavy (non-hydrogen) atoms. The number of benzene rings is 2. The van der Waals surface area contributed by atoms with E-state index in [1.54, 1.807) is 6.07 Å². The Hall–Kier alpha value is -1.48. The standard InChI is InChI=1S/C19H14INO2.HI/c20-16-10-5-4-9-15(16)17-11-6-12-18(21-17)19(22)23-13-14-7-2-1-3-8-14;/h1-12H,13H2;1H. The second-order valence-corrected chi connectivity index (χ2v) is 6.18. The van der Waals surface area contributed by atoms with Crippen LogP contribution in [0, 0.1) is 3.57 Å². The number of hydrogen-bond donors (Lipinski definition) is 0. The van der Waals surface area contributed by atoms with Crippen molar-refractivity contribution in [3.63, 3.8) is 0 Å². The normalized spacial score (nSPS) is 9.88. The predicted molar refractivity (Wildman–Crippen MR) is 96.7 cm³/mol. The molecule has 1 N–H and O–H groups in total. The summed E-state index contributed by atoms with van der Waals surface area (Å²) in [5.41, 5.74) is 3.36. The minimum atomic E-state index is -0.360. The summed E-state index contributed by atoms with van der Waals surface area (Å²) in [5.74, 6) is -0.360. The van der Waals surface area contributed by atoms with Gasteiger partial charge in [-0.25, -0.2) is 4.79 Å². The molecular formula is C19H15I2NO2. The molecule has 3 nitrogen and oxygen atoms in total. The summed E-state index contributed by atoms with van der Waals surface area (Å²) in [4.78, 5) is 15.4. The number of carbonyl (C=O) groups is 1. The Kier molecular flexibility index (Phi) is 7.16. The van der Waals surface area contributed by atoms with Gasteiger partial charge in [0.05, 0.1) is 5.56 Å². The first kappa shape index (κ1) is 18.9. The lowest BCUT2D eigenvalue weighted by molar-refractivity contribution is -0.370. The molecule has 122 valence electrons. The molecule has 0 atom stereocenters. The van der Waals surface area contributed by atoms with Crippen molar-refractivity contribution in [2.45, 2.75) is 6.61 Å². The Morgan fingerprint density at radius 2 is 1.62 bits per heavy atom. The minimum Gasteiger partial charge on any atom is -1.00 e. The lowest BCUT2D eigenvalue weighted by Gasteiger charge is -2.03. The number of aromatic nitrogens is 1. The Balaban J connectivity index is 0.00000208. The molecule has 0 saturated heterocycles. The predicted octanol–water partition coefficient (Wildman–Crippen LogP) is 1.13. The number of hydrogen-bond acceptors (Lipinski definition) is 2. The van der Waals surface area contributed by atoms with Gasteiger partial charge in [0, 0.05) is 15.7 Å². The summed E-state index contributed by atoms with van der Waals surface area (Å²) in [6.45, 7) is 0.264. The third kappa shape index (κ3) is 4.76. The van der Waals surface area contributed by atoms with Crippen molar-refractivity contribution >= 4 is 28.6 Å². The van der Waals surface area contributed by atoms with E-state index in [9.17, 15) is 4.79 Å². The summed E-state index contributed by atoms with van der Waals surface area (Å²) in [5, 5.41) is 0. The number of H-pyrrole nitrogens is 1. The fourth-order valence-corrected chi connectivity index (χ4v) is 2.90. The van der Waals surface area contributed by atoms with Crippen molar-refractivity contribution in [3.05, 3.63) is 87.6 Å². The van der Waals surface area contributed by atoms with E-state index in [0.717, 1.165) is 20.4 Å². The Labute approximate surface area is 171 Å². The van der Waals surface area contributed by atoms with E-state index in [1.165, 1.54) is 0 Å². The molecule has 0 unspecified atom stereocenters. The zero-order valence-corrected chi connectivity index (χ0v) is 17.0. The first-order valence-electron chi connectivity index (χ1n) is 7.22. The first-order valence-corrected chi connectivity index (χ1v) is 8.30. The number of ether oxygens (including phenoxy) is 1. The third-order valence-electron chi connectivity index (χ3n) is 3.39. The van der Waals surface area contributed by atoms with Crippen molar-refractivity contribution in [2.24, 2.45) is 0 Å². The van der Waals surface area contributed by atoms with Gasteiger partial charge in [0.15, 0.2) is 0 Å². The van der Waals surface area contributed by atoms with Crippen LogP contribution in [0.25, 0.3) is 11.3 Å². The molecule has 1 heterocycles. The van der Waals surface area contributed by atoms with Gasteiger partial charge in [-0.15, -0.1) is 0 Å². The van der Waals surface area contributed by atoms with E-state index < -0.39 is 0 Å². The molecule has 0 aliphatic heterocycles. The molecule has 3 aromatic rings. The number of rotatable bonds is 4. The Bertz CT molecular complexity index is 822. The molecule has 0 bridgehead atoms. The highest BCUT2D eigenvalue weighted by Crippen LogP contribution is 2.21. The number of halogens is 2. The molecule has 0 amide bonds. The lowest BCUT2D eigenvalue weighted by atomic mass is 10.1. The largest absolute Gasteiger partial charge is 1.00 e. The van der Waals surface area contributed by atoms with Crippen molar-refractivity contribution in [1.82, 2.24) is 0 Å². The van der Waals surface area contributed by atoms with Gasteiger partial charge in [-0.05, 0) is 46.4 Å². The second-order valence-electron chi connectivity index (χ2n) is 5.02. The zero-order chi connectivity index (χ0) is 16.1. The Morgan fingerprint density at radius 1 is 0.917 bits per heavy atom. The van der Waals surface area contributed by atoms with E-state index >= 15 is 0 Å². The maximum atomic E-state index is 12.2. The van der Waals surface area contributed by atoms with Crippen molar-refractivity contribution in [3.8, 4) is 11.3 Å². The van der Waals surface area contributed by atoms with Gasteiger partial charge in [0.25, 0.3) is 5.69 Å². The number of esters is 1. The number of aromatic amines is 1. The van der Waals surface area contributed by atoms with Crippen LogP contribution in [-0.4, -0.2) is 5.97 Å². The van der Waals surface area contributed by atoms with Crippen LogP contribution in [0.5, 0.6) is 0 Å². The van der Waals surface area contributed by atoms with E-state index in [4.69, 9.17) is 4.74 Å². The van der Waals surface area contributed by atoms with Crippen molar-refractivity contribution in [2.75, 3.05) is 0 Å². The highest BCUT2D eigenvalue weighted by Gasteiger charge is 2.18. The molecule has 0 saturated carbocycles. The lowest BCUT2D eigenvalue weighted by Crippen LogP contribution is -3.00. The molecule has 0 fully saturated rings. The quantitative estimate of drug-likeness (QED) is 0.366. The monoisotopic (exact) mass is 543 g/mol. The van der Waals surface area contributed by atoms with Crippen LogP contribution in [-0.2, 0) is 11.3 Å². The number of nitrogens with one attached hydrogen (secondary N) is 1. The smallest absolute Gasteiger partial charge is 0.403 e. The highest BCUT2D eigenvalue weighted by molar-refractivity contribution is 14.1. The molecule has 3 rings (SSSR count). The average Bonchev–Trinajstić information content (AvgIpc) is 2.61.